The lowest BCUT2D eigenvalue weighted by molar-refractivity contribution is -0.0500. The SMILES string of the molecule is O=c1c(Cl)c(OS(=O)(=O)C(F)(F)F)cnn1Cc1ccccc1. The molecule has 0 aliphatic heterocycles. The van der Waals surface area contributed by atoms with Gasteiger partial charge in [-0.2, -0.15) is 26.7 Å². The van der Waals surface area contributed by atoms with Crippen LogP contribution in [0, 0.1) is 0 Å². The van der Waals surface area contributed by atoms with Gasteiger partial charge in [0.25, 0.3) is 5.56 Å². The Balaban J connectivity index is 2.34. The Bertz CT molecular complexity index is 866. The van der Waals surface area contributed by atoms with E-state index in [0.29, 0.717) is 11.8 Å². The lowest BCUT2D eigenvalue weighted by Crippen LogP contribution is -2.30. The minimum atomic E-state index is -5.93. The zero-order valence-electron chi connectivity index (χ0n) is 11.1. The molecule has 23 heavy (non-hydrogen) atoms. The molecule has 0 bridgehead atoms. The largest absolute Gasteiger partial charge is 0.534 e. The molecule has 1 aromatic heterocycles. The molecule has 11 heteroatoms. The molecule has 124 valence electrons. The highest BCUT2D eigenvalue weighted by Crippen LogP contribution is 2.29. The fourth-order valence-electron chi connectivity index (χ4n) is 1.54. The van der Waals surface area contributed by atoms with E-state index in [2.05, 4.69) is 9.28 Å². The molecule has 0 amide bonds. The molecule has 0 N–H and O–H groups in total. The molecule has 0 aliphatic rings. The average molecular weight is 369 g/mol. The second-order valence-electron chi connectivity index (χ2n) is 4.25. The van der Waals surface area contributed by atoms with Crippen LogP contribution >= 0.6 is 11.6 Å². The summed E-state index contributed by atoms with van der Waals surface area (Å²) in [6.45, 7) is 0.00565. The van der Waals surface area contributed by atoms with Crippen molar-refractivity contribution in [2.75, 3.05) is 0 Å². The molecule has 1 aromatic carbocycles. The molecule has 0 atom stereocenters. The van der Waals surface area contributed by atoms with Crippen molar-refractivity contribution < 1.29 is 25.8 Å². The molecule has 0 saturated heterocycles. The summed E-state index contributed by atoms with van der Waals surface area (Å²) in [7, 11) is -5.93. The van der Waals surface area contributed by atoms with Gasteiger partial charge in [-0.25, -0.2) is 4.68 Å². The van der Waals surface area contributed by atoms with Gasteiger partial charge >= 0.3 is 15.6 Å². The van der Waals surface area contributed by atoms with Crippen molar-refractivity contribution in [3.05, 3.63) is 57.5 Å². The predicted octanol–water partition coefficient (Wildman–Crippen LogP) is 2.17. The van der Waals surface area contributed by atoms with E-state index < -0.39 is 32.0 Å². The van der Waals surface area contributed by atoms with E-state index in [1.54, 1.807) is 30.3 Å². The van der Waals surface area contributed by atoms with Crippen LogP contribution in [0.4, 0.5) is 13.2 Å². The molecule has 0 fully saturated rings. The fourth-order valence-corrected chi connectivity index (χ4v) is 2.23. The molecule has 2 aromatic rings. The van der Waals surface area contributed by atoms with Crippen LogP contribution in [0.1, 0.15) is 5.56 Å². The summed E-state index contributed by atoms with van der Waals surface area (Å²) >= 11 is 5.59. The molecule has 2 rings (SSSR count). The van der Waals surface area contributed by atoms with Gasteiger partial charge in [-0.3, -0.25) is 4.79 Å². The van der Waals surface area contributed by atoms with Gasteiger partial charge in [-0.05, 0) is 5.56 Å². The van der Waals surface area contributed by atoms with Gasteiger partial charge in [-0.1, -0.05) is 41.9 Å². The highest BCUT2D eigenvalue weighted by Gasteiger charge is 2.49. The monoisotopic (exact) mass is 368 g/mol. The van der Waals surface area contributed by atoms with Gasteiger partial charge in [0.2, 0.25) is 0 Å². The zero-order valence-corrected chi connectivity index (χ0v) is 12.7. The van der Waals surface area contributed by atoms with Crippen LogP contribution in [-0.2, 0) is 16.7 Å². The molecule has 0 saturated carbocycles. The Morgan fingerprint density at radius 2 is 1.83 bits per heavy atom. The van der Waals surface area contributed by atoms with Gasteiger partial charge < -0.3 is 4.18 Å². The van der Waals surface area contributed by atoms with Crippen molar-refractivity contribution in [1.82, 2.24) is 9.78 Å². The van der Waals surface area contributed by atoms with E-state index in [1.807, 2.05) is 0 Å². The summed E-state index contributed by atoms with van der Waals surface area (Å²) in [6, 6.07) is 8.58. The molecule has 0 spiro atoms. The summed E-state index contributed by atoms with van der Waals surface area (Å²) in [6.07, 6.45) is 0.635. The maximum atomic E-state index is 12.3. The van der Waals surface area contributed by atoms with Gasteiger partial charge in [-0.15, -0.1) is 0 Å². The zero-order chi connectivity index (χ0) is 17.3. The summed E-state index contributed by atoms with van der Waals surface area (Å²) in [5.41, 5.74) is -5.94. The maximum Gasteiger partial charge on any atom is 0.534 e. The molecule has 0 unspecified atom stereocenters. The molecular formula is C12H8ClF3N2O4S. The van der Waals surface area contributed by atoms with Crippen molar-refractivity contribution in [1.29, 1.82) is 0 Å². The number of halogens is 4. The Kier molecular flexibility index (Phi) is 4.66. The van der Waals surface area contributed by atoms with Crippen LogP contribution in [0.25, 0.3) is 0 Å². The number of rotatable bonds is 4. The lowest BCUT2D eigenvalue weighted by atomic mass is 10.2. The Morgan fingerprint density at radius 1 is 1.22 bits per heavy atom. The van der Waals surface area contributed by atoms with Crippen LogP contribution in [0.3, 0.4) is 0 Å². The van der Waals surface area contributed by atoms with Crippen LogP contribution < -0.4 is 9.74 Å². The minimum Gasteiger partial charge on any atom is -0.372 e. The van der Waals surface area contributed by atoms with Crippen molar-refractivity contribution in [3.8, 4) is 5.75 Å². The standard InChI is InChI=1S/C12H8ClF3N2O4S/c13-10-9(22-23(20,21)12(14,15)16)6-17-18(11(10)19)7-8-4-2-1-3-5-8/h1-6H,7H2. The Labute approximate surface area is 133 Å². The van der Waals surface area contributed by atoms with E-state index in [9.17, 15) is 26.4 Å². The third kappa shape index (κ3) is 3.82. The molecular weight excluding hydrogens is 361 g/mol. The first-order chi connectivity index (χ1) is 10.6. The quantitative estimate of drug-likeness (QED) is 0.610. The molecule has 0 aliphatic carbocycles. The maximum absolute atomic E-state index is 12.3. The van der Waals surface area contributed by atoms with Gasteiger partial charge in [0.15, 0.2) is 10.8 Å². The number of benzene rings is 1. The minimum absolute atomic E-state index is 0.00565. The first kappa shape index (κ1) is 17.3. The number of hydrogen-bond acceptors (Lipinski definition) is 5. The fraction of sp³-hybridized carbons (Fsp3) is 0.167. The van der Waals surface area contributed by atoms with E-state index >= 15 is 0 Å². The van der Waals surface area contributed by atoms with Crippen LogP contribution in [0.15, 0.2) is 41.3 Å². The third-order valence-corrected chi connectivity index (χ3v) is 3.92. The van der Waals surface area contributed by atoms with E-state index in [1.165, 1.54) is 0 Å². The topological polar surface area (TPSA) is 78.3 Å². The van der Waals surface area contributed by atoms with Gasteiger partial charge in [0.1, 0.15) is 0 Å². The van der Waals surface area contributed by atoms with Crippen LogP contribution in [0.2, 0.25) is 5.02 Å². The smallest absolute Gasteiger partial charge is 0.372 e. The van der Waals surface area contributed by atoms with Crippen LogP contribution in [0.5, 0.6) is 5.75 Å². The molecule has 1 heterocycles. The van der Waals surface area contributed by atoms with Gasteiger partial charge in [0.05, 0.1) is 12.7 Å². The van der Waals surface area contributed by atoms with Crippen molar-refractivity contribution in [3.63, 3.8) is 0 Å². The second kappa shape index (κ2) is 6.20. The van der Waals surface area contributed by atoms with Crippen molar-refractivity contribution in [2.45, 2.75) is 12.1 Å². The lowest BCUT2D eigenvalue weighted by Gasteiger charge is -2.11. The van der Waals surface area contributed by atoms with Crippen molar-refractivity contribution >= 4 is 21.7 Å². The van der Waals surface area contributed by atoms with Crippen LogP contribution in [-0.4, -0.2) is 23.7 Å². The summed E-state index contributed by atoms with van der Waals surface area (Å²) < 4.78 is 63.3. The highest BCUT2D eigenvalue weighted by molar-refractivity contribution is 7.88. The number of hydrogen-bond donors (Lipinski definition) is 0. The summed E-state index contributed by atoms with van der Waals surface area (Å²) in [5.74, 6) is -0.988. The second-order valence-corrected chi connectivity index (χ2v) is 6.17. The Morgan fingerprint density at radius 3 is 2.39 bits per heavy atom. The average Bonchev–Trinajstić information content (AvgIpc) is 2.47. The summed E-state index contributed by atoms with van der Waals surface area (Å²) in [4.78, 5) is 11.9. The number of nitrogens with zero attached hydrogens (tertiary/aromatic N) is 2. The first-order valence-electron chi connectivity index (χ1n) is 5.92. The highest BCUT2D eigenvalue weighted by atomic mass is 35.5. The van der Waals surface area contributed by atoms with E-state index in [-0.39, 0.29) is 6.54 Å². The predicted molar refractivity (Wildman–Crippen MR) is 74.7 cm³/mol. The molecule has 0 radical (unpaired) electrons. The number of alkyl halides is 3. The van der Waals surface area contributed by atoms with E-state index in [0.717, 1.165) is 4.68 Å². The normalized spacial score (nSPS) is 12.2. The molecule has 6 nitrogen and oxygen atoms in total. The van der Waals surface area contributed by atoms with E-state index in [4.69, 9.17) is 11.6 Å². The van der Waals surface area contributed by atoms with Crippen molar-refractivity contribution in [2.24, 2.45) is 0 Å². The first-order valence-corrected chi connectivity index (χ1v) is 7.71. The Hall–Kier alpha value is -2.07. The third-order valence-electron chi connectivity index (χ3n) is 2.61. The number of aromatic nitrogens is 2. The summed E-state index contributed by atoms with van der Waals surface area (Å²) in [5, 5.41) is 2.75. The van der Waals surface area contributed by atoms with Gasteiger partial charge in [0, 0.05) is 0 Å².